The third-order valence-electron chi connectivity index (χ3n) is 1.98. The quantitative estimate of drug-likeness (QED) is 0.704. The SMILES string of the molecule is CC(C)ON1CCNC(S(C)(=O)=O)C1. The molecule has 0 radical (unpaired) electrons. The van der Waals surface area contributed by atoms with Crippen LogP contribution in [0, 0.1) is 0 Å². The summed E-state index contributed by atoms with van der Waals surface area (Å²) in [5, 5.41) is 4.16. The van der Waals surface area contributed by atoms with Gasteiger partial charge >= 0.3 is 0 Å². The van der Waals surface area contributed by atoms with Crippen molar-refractivity contribution in [1.82, 2.24) is 10.4 Å². The molecule has 0 saturated carbocycles. The van der Waals surface area contributed by atoms with E-state index >= 15 is 0 Å². The highest BCUT2D eigenvalue weighted by atomic mass is 32.2. The second kappa shape index (κ2) is 4.57. The molecule has 6 heteroatoms. The molecule has 1 atom stereocenters. The zero-order valence-electron chi connectivity index (χ0n) is 8.86. The maximum absolute atomic E-state index is 11.3. The number of piperazine rings is 1. The van der Waals surface area contributed by atoms with Gasteiger partial charge in [0.1, 0.15) is 5.37 Å². The highest BCUT2D eigenvalue weighted by Crippen LogP contribution is 2.06. The molecule has 14 heavy (non-hydrogen) atoms. The third kappa shape index (κ3) is 3.53. The van der Waals surface area contributed by atoms with Crippen LogP contribution in [0.4, 0.5) is 0 Å². The summed E-state index contributed by atoms with van der Waals surface area (Å²) in [6.45, 7) is 5.63. The van der Waals surface area contributed by atoms with Crippen LogP contribution in [0.1, 0.15) is 13.8 Å². The van der Waals surface area contributed by atoms with Crippen molar-refractivity contribution in [3.63, 3.8) is 0 Å². The smallest absolute Gasteiger partial charge is 0.164 e. The predicted molar refractivity (Wildman–Crippen MR) is 54.4 cm³/mol. The minimum atomic E-state index is -3.03. The van der Waals surface area contributed by atoms with Crippen LogP contribution in [0.3, 0.4) is 0 Å². The van der Waals surface area contributed by atoms with E-state index in [9.17, 15) is 8.42 Å². The van der Waals surface area contributed by atoms with Gasteiger partial charge in [0, 0.05) is 19.3 Å². The minimum absolute atomic E-state index is 0.0910. The standard InChI is InChI=1S/C8H18N2O3S/c1-7(2)13-10-5-4-9-8(6-10)14(3,11)12/h7-9H,4-6H2,1-3H3. The molecule has 0 bridgehead atoms. The Bertz CT molecular complexity index is 276. The lowest BCUT2D eigenvalue weighted by Gasteiger charge is -2.32. The van der Waals surface area contributed by atoms with Gasteiger partial charge in [-0.05, 0) is 13.8 Å². The van der Waals surface area contributed by atoms with Crippen molar-refractivity contribution in [3.05, 3.63) is 0 Å². The second-order valence-electron chi connectivity index (χ2n) is 3.81. The van der Waals surface area contributed by atoms with Crippen LogP contribution >= 0.6 is 0 Å². The number of sulfone groups is 1. The van der Waals surface area contributed by atoms with Crippen LogP contribution in [0.5, 0.6) is 0 Å². The van der Waals surface area contributed by atoms with Gasteiger partial charge in [0.2, 0.25) is 0 Å². The molecule has 0 aromatic rings. The molecule has 1 rings (SSSR count). The fraction of sp³-hybridized carbons (Fsp3) is 1.00. The van der Waals surface area contributed by atoms with E-state index in [2.05, 4.69) is 5.32 Å². The van der Waals surface area contributed by atoms with Crippen LogP contribution in [0.25, 0.3) is 0 Å². The molecule has 0 aliphatic carbocycles. The first-order chi connectivity index (χ1) is 6.39. The first kappa shape index (κ1) is 11.9. The summed E-state index contributed by atoms with van der Waals surface area (Å²) < 4.78 is 22.5. The van der Waals surface area contributed by atoms with Crippen LogP contribution in [0.2, 0.25) is 0 Å². The van der Waals surface area contributed by atoms with Crippen molar-refractivity contribution in [1.29, 1.82) is 0 Å². The van der Waals surface area contributed by atoms with E-state index in [1.165, 1.54) is 6.26 Å². The Labute approximate surface area is 85.3 Å². The lowest BCUT2D eigenvalue weighted by atomic mass is 10.4. The largest absolute Gasteiger partial charge is 0.299 e. The van der Waals surface area contributed by atoms with Crippen molar-refractivity contribution >= 4 is 9.84 Å². The zero-order valence-corrected chi connectivity index (χ0v) is 9.67. The van der Waals surface area contributed by atoms with Crippen molar-refractivity contribution in [2.75, 3.05) is 25.9 Å². The number of rotatable bonds is 3. The molecule has 1 aliphatic rings. The molecule has 1 aliphatic heterocycles. The minimum Gasteiger partial charge on any atom is -0.299 e. The van der Waals surface area contributed by atoms with E-state index in [-0.39, 0.29) is 6.10 Å². The zero-order chi connectivity index (χ0) is 10.8. The first-order valence-electron chi connectivity index (χ1n) is 4.73. The third-order valence-corrected chi connectivity index (χ3v) is 3.33. The summed E-state index contributed by atoms with van der Waals surface area (Å²) in [4.78, 5) is 5.45. The van der Waals surface area contributed by atoms with Gasteiger partial charge in [-0.3, -0.25) is 10.2 Å². The van der Waals surface area contributed by atoms with E-state index in [0.29, 0.717) is 13.1 Å². The van der Waals surface area contributed by atoms with Crippen LogP contribution in [0.15, 0.2) is 0 Å². The highest BCUT2D eigenvalue weighted by molar-refractivity contribution is 7.91. The Balaban J connectivity index is 2.52. The van der Waals surface area contributed by atoms with Gasteiger partial charge in [0.25, 0.3) is 0 Å². The first-order valence-corrected chi connectivity index (χ1v) is 6.69. The molecule has 0 aromatic heterocycles. The van der Waals surface area contributed by atoms with Crippen molar-refractivity contribution < 1.29 is 13.3 Å². The normalized spacial score (nSPS) is 25.6. The van der Waals surface area contributed by atoms with E-state index in [0.717, 1.165) is 6.54 Å². The summed E-state index contributed by atoms with van der Waals surface area (Å²) in [5.41, 5.74) is 0. The Morgan fingerprint density at radius 2 is 2.14 bits per heavy atom. The van der Waals surface area contributed by atoms with Crippen molar-refractivity contribution in [3.8, 4) is 0 Å². The molecule has 5 nitrogen and oxygen atoms in total. The number of hydrogen-bond donors (Lipinski definition) is 1. The van der Waals surface area contributed by atoms with Gasteiger partial charge in [-0.25, -0.2) is 8.42 Å². The van der Waals surface area contributed by atoms with Gasteiger partial charge in [-0.15, -0.1) is 0 Å². The predicted octanol–water partition coefficient (Wildman–Crippen LogP) is -0.398. The molecule has 1 saturated heterocycles. The lowest BCUT2D eigenvalue weighted by Crippen LogP contribution is -2.54. The van der Waals surface area contributed by atoms with E-state index in [1.807, 2.05) is 13.8 Å². The molecular weight excluding hydrogens is 204 g/mol. The van der Waals surface area contributed by atoms with E-state index in [1.54, 1.807) is 5.06 Å². The Morgan fingerprint density at radius 1 is 1.50 bits per heavy atom. The fourth-order valence-corrected chi connectivity index (χ4v) is 2.23. The average Bonchev–Trinajstić information content (AvgIpc) is 2.01. The number of hydrogen-bond acceptors (Lipinski definition) is 5. The maximum Gasteiger partial charge on any atom is 0.164 e. The summed E-state index contributed by atoms with van der Waals surface area (Å²) in [6, 6.07) is 0. The lowest BCUT2D eigenvalue weighted by molar-refractivity contribution is -0.193. The Kier molecular flexibility index (Phi) is 3.88. The van der Waals surface area contributed by atoms with Gasteiger partial charge in [0.05, 0.1) is 12.6 Å². The monoisotopic (exact) mass is 222 g/mol. The summed E-state index contributed by atoms with van der Waals surface area (Å²) in [6.07, 6.45) is 1.33. The van der Waals surface area contributed by atoms with Crippen LogP contribution in [-0.2, 0) is 14.7 Å². The summed E-state index contributed by atoms with van der Waals surface area (Å²) in [7, 11) is -3.03. The number of nitrogens with one attached hydrogen (secondary N) is 1. The summed E-state index contributed by atoms with van der Waals surface area (Å²) >= 11 is 0. The van der Waals surface area contributed by atoms with Crippen LogP contribution < -0.4 is 5.32 Å². The van der Waals surface area contributed by atoms with E-state index < -0.39 is 15.2 Å². The van der Waals surface area contributed by atoms with Gasteiger partial charge < -0.3 is 0 Å². The van der Waals surface area contributed by atoms with Crippen molar-refractivity contribution in [2.24, 2.45) is 0 Å². The Hall–Kier alpha value is -0.170. The highest BCUT2D eigenvalue weighted by Gasteiger charge is 2.27. The van der Waals surface area contributed by atoms with Crippen LogP contribution in [-0.4, -0.2) is 50.8 Å². The molecule has 1 fully saturated rings. The van der Waals surface area contributed by atoms with Gasteiger partial charge in [-0.1, -0.05) is 0 Å². The molecule has 1 heterocycles. The molecule has 0 spiro atoms. The van der Waals surface area contributed by atoms with E-state index in [4.69, 9.17) is 4.84 Å². The molecule has 0 aromatic carbocycles. The maximum atomic E-state index is 11.3. The number of hydroxylamine groups is 2. The van der Waals surface area contributed by atoms with Crippen molar-refractivity contribution in [2.45, 2.75) is 25.3 Å². The second-order valence-corrected chi connectivity index (χ2v) is 6.04. The molecule has 1 N–H and O–H groups in total. The Morgan fingerprint density at radius 3 is 2.64 bits per heavy atom. The number of nitrogens with zero attached hydrogens (tertiary/aromatic N) is 1. The topological polar surface area (TPSA) is 58.6 Å². The average molecular weight is 222 g/mol. The fourth-order valence-electron chi connectivity index (χ4n) is 1.37. The van der Waals surface area contributed by atoms with Gasteiger partial charge in [0.15, 0.2) is 9.84 Å². The van der Waals surface area contributed by atoms with Gasteiger partial charge in [-0.2, -0.15) is 5.06 Å². The molecule has 84 valence electrons. The summed E-state index contributed by atoms with van der Waals surface area (Å²) in [5.74, 6) is 0. The molecule has 1 unspecified atom stereocenters. The molecule has 0 amide bonds. The molecular formula is C8H18N2O3S.